The van der Waals surface area contributed by atoms with Gasteiger partial charge in [0.15, 0.2) is 0 Å². The van der Waals surface area contributed by atoms with Crippen LogP contribution in [0.2, 0.25) is 5.02 Å². The number of H-pyrrole nitrogens is 1. The lowest BCUT2D eigenvalue weighted by atomic mass is 10.1. The fourth-order valence-corrected chi connectivity index (χ4v) is 3.00. The average molecular weight is 315 g/mol. The topological polar surface area (TPSA) is 58.0 Å². The largest absolute Gasteiger partial charge is 0.469 e. The Morgan fingerprint density at radius 3 is 2.82 bits per heavy atom. The normalized spacial score (nSPS) is 15.9. The molecule has 112 valence electrons. The van der Waals surface area contributed by atoms with Gasteiger partial charge in [-0.15, -0.1) is 0 Å². The highest BCUT2D eigenvalue weighted by Crippen LogP contribution is 2.46. The van der Waals surface area contributed by atoms with E-state index in [2.05, 4.69) is 10.3 Å². The molecule has 4 nitrogen and oxygen atoms in total. The molecular weight excluding hydrogens is 300 g/mol. The summed E-state index contributed by atoms with van der Waals surface area (Å²) in [4.78, 5) is 15.7. The predicted octanol–water partition coefficient (Wildman–Crippen LogP) is 4.14. The zero-order valence-corrected chi connectivity index (χ0v) is 12.8. The number of furan rings is 1. The quantitative estimate of drug-likeness (QED) is 0.763. The monoisotopic (exact) mass is 314 g/mol. The van der Waals surface area contributed by atoms with Crippen molar-refractivity contribution in [2.45, 2.75) is 25.3 Å². The third kappa shape index (κ3) is 2.20. The average Bonchev–Trinajstić information content (AvgIpc) is 2.94. The van der Waals surface area contributed by atoms with E-state index in [0.29, 0.717) is 10.7 Å². The van der Waals surface area contributed by atoms with E-state index in [4.69, 9.17) is 16.0 Å². The molecule has 3 aromatic rings. The Bertz CT molecular complexity index is 874. The molecule has 1 fully saturated rings. The summed E-state index contributed by atoms with van der Waals surface area (Å²) >= 11 is 5.98. The third-order valence-electron chi connectivity index (χ3n) is 4.21. The minimum Gasteiger partial charge on any atom is -0.469 e. The van der Waals surface area contributed by atoms with Crippen molar-refractivity contribution in [3.05, 3.63) is 58.6 Å². The van der Waals surface area contributed by atoms with Gasteiger partial charge in [-0.25, -0.2) is 0 Å². The molecule has 2 heterocycles. The number of aromatic nitrogens is 1. The smallest absolute Gasteiger partial charge is 0.268 e. The Morgan fingerprint density at radius 2 is 2.14 bits per heavy atom. The van der Waals surface area contributed by atoms with Crippen LogP contribution in [-0.2, 0) is 5.54 Å². The number of hydrogen-bond donors (Lipinski definition) is 2. The van der Waals surface area contributed by atoms with E-state index >= 15 is 0 Å². The first-order chi connectivity index (χ1) is 10.6. The third-order valence-corrected chi connectivity index (χ3v) is 4.45. The zero-order chi connectivity index (χ0) is 15.3. The molecule has 0 spiro atoms. The van der Waals surface area contributed by atoms with Crippen LogP contribution >= 0.6 is 11.6 Å². The van der Waals surface area contributed by atoms with Crippen LogP contribution in [-0.4, -0.2) is 10.9 Å². The molecule has 0 radical (unpaired) electrons. The number of carbonyl (C=O) groups is 1. The van der Waals surface area contributed by atoms with E-state index in [1.165, 1.54) is 0 Å². The van der Waals surface area contributed by atoms with E-state index in [1.54, 1.807) is 12.3 Å². The highest BCUT2D eigenvalue weighted by molar-refractivity contribution is 6.31. The number of aromatic amines is 1. The fourth-order valence-electron chi connectivity index (χ4n) is 2.82. The van der Waals surface area contributed by atoms with Gasteiger partial charge >= 0.3 is 0 Å². The Kier molecular flexibility index (Phi) is 2.84. The van der Waals surface area contributed by atoms with Gasteiger partial charge in [-0.2, -0.15) is 0 Å². The van der Waals surface area contributed by atoms with Gasteiger partial charge in [-0.05, 0) is 50.1 Å². The van der Waals surface area contributed by atoms with Gasteiger partial charge in [0, 0.05) is 21.5 Å². The van der Waals surface area contributed by atoms with Gasteiger partial charge in [0.1, 0.15) is 11.5 Å². The minimum atomic E-state index is -0.274. The molecule has 0 bridgehead atoms. The molecule has 1 saturated carbocycles. The van der Waals surface area contributed by atoms with Crippen molar-refractivity contribution in [3.63, 3.8) is 0 Å². The summed E-state index contributed by atoms with van der Waals surface area (Å²) < 4.78 is 5.37. The number of amides is 1. The maximum atomic E-state index is 12.5. The highest BCUT2D eigenvalue weighted by atomic mass is 35.5. The summed E-state index contributed by atoms with van der Waals surface area (Å²) in [6, 6.07) is 9.33. The lowest BCUT2D eigenvalue weighted by Crippen LogP contribution is -2.34. The number of benzene rings is 1. The van der Waals surface area contributed by atoms with Gasteiger partial charge in [0.25, 0.3) is 5.91 Å². The van der Waals surface area contributed by atoms with Crippen molar-refractivity contribution in [2.75, 3.05) is 0 Å². The van der Waals surface area contributed by atoms with Crippen molar-refractivity contribution in [3.8, 4) is 0 Å². The van der Waals surface area contributed by atoms with Crippen LogP contribution in [0.4, 0.5) is 0 Å². The summed E-state index contributed by atoms with van der Waals surface area (Å²) in [6.07, 6.45) is 3.60. The second kappa shape index (κ2) is 4.65. The molecule has 1 amide bonds. The minimum absolute atomic E-state index is 0.108. The number of halogens is 1. The summed E-state index contributed by atoms with van der Waals surface area (Å²) in [7, 11) is 0. The standard InChI is InChI=1S/C17H15ClN2O2/c1-10-6-12(9-22-10)17(4-5-17)20-16(21)15-8-11-7-13(18)2-3-14(11)19-15/h2-3,6-9,19H,4-5H2,1H3,(H,20,21). The van der Waals surface area contributed by atoms with Crippen LogP contribution in [0.5, 0.6) is 0 Å². The molecule has 0 saturated heterocycles. The molecular formula is C17H15ClN2O2. The number of hydrogen-bond acceptors (Lipinski definition) is 2. The molecule has 1 aromatic carbocycles. The van der Waals surface area contributed by atoms with Crippen LogP contribution < -0.4 is 5.32 Å². The summed E-state index contributed by atoms with van der Waals surface area (Å²) in [5.41, 5.74) is 2.21. The Hall–Kier alpha value is -2.20. The number of nitrogens with one attached hydrogen (secondary N) is 2. The molecule has 22 heavy (non-hydrogen) atoms. The van der Waals surface area contributed by atoms with Crippen LogP contribution in [0.1, 0.15) is 34.7 Å². The van der Waals surface area contributed by atoms with Crippen molar-refractivity contribution in [2.24, 2.45) is 0 Å². The SMILES string of the molecule is Cc1cc(C2(NC(=O)c3cc4cc(Cl)ccc4[nH]3)CC2)co1. The molecule has 2 aromatic heterocycles. The molecule has 2 N–H and O–H groups in total. The maximum Gasteiger partial charge on any atom is 0.268 e. The van der Waals surface area contributed by atoms with Crippen molar-refractivity contribution in [1.29, 1.82) is 0 Å². The fraction of sp³-hybridized carbons (Fsp3) is 0.235. The summed E-state index contributed by atoms with van der Waals surface area (Å²) in [6.45, 7) is 1.91. The van der Waals surface area contributed by atoms with Gasteiger partial charge in [0.05, 0.1) is 11.8 Å². The second-order valence-electron chi connectivity index (χ2n) is 5.90. The Morgan fingerprint density at radius 1 is 1.32 bits per heavy atom. The summed E-state index contributed by atoms with van der Waals surface area (Å²) in [5.74, 6) is 0.749. The van der Waals surface area contributed by atoms with Crippen LogP contribution in [0, 0.1) is 6.92 Å². The second-order valence-corrected chi connectivity index (χ2v) is 6.33. The molecule has 0 aliphatic heterocycles. The lowest BCUT2D eigenvalue weighted by Gasteiger charge is -2.14. The van der Waals surface area contributed by atoms with Gasteiger partial charge in [-0.1, -0.05) is 11.6 Å². The maximum absolute atomic E-state index is 12.5. The van der Waals surface area contributed by atoms with Crippen molar-refractivity contribution in [1.82, 2.24) is 10.3 Å². The van der Waals surface area contributed by atoms with Crippen molar-refractivity contribution >= 4 is 28.4 Å². The molecule has 1 aliphatic rings. The number of fused-ring (bicyclic) bond motifs is 1. The molecule has 4 rings (SSSR count). The van der Waals surface area contributed by atoms with Gasteiger partial charge in [-0.3, -0.25) is 4.79 Å². The van der Waals surface area contributed by atoms with E-state index in [1.807, 2.05) is 31.2 Å². The highest BCUT2D eigenvalue weighted by Gasteiger charge is 2.46. The number of aryl methyl sites for hydroxylation is 1. The first-order valence-corrected chi connectivity index (χ1v) is 7.60. The van der Waals surface area contributed by atoms with Crippen LogP contribution in [0.25, 0.3) is 10.9 Å². The Labute approximate surface area is 132 Å². The summed E-state index contributed by atoms with van der Waals surface area (Å²) in [5, 5.41) is 4.72. The molecule has 1 aliphatic carbocycles. The molecule has 0 atom stereocenters. The van der Waals surface area contributed by atoms with E-state index in [9.17, 15) is 4.79 Å². The van der Waals surface area contributed by atoms with Crippen molar-refractivity contribution < 1.29 is 9.21 Å². The lowest BCUT2D eigenvalue weighted by molar-refractivity contribution is 0.0926. The number of rotatable bonds is 3. The van der Waals surface area contributed by atoms with E-state index in [-0.39, 0.29) is 11.4 Å². The van der Waals surface area contributed by atoms with Crippen LogP contribution in [0.3, 0.4) is 0 Å². The first kappa shape index (κ1) is 13.5. The van der Waals surface area contributed by atoms with Crippen LogP contribution in [0.15, 0.2) is 41.0 Å². The zero-order valence-electron chi connectivity index (χ0n) is 12.1. The van der Waals surface area contributed by atoms with E-state index in [0.717, 1.165) is 35.1 Å². The predicted molar refractivity (Wildman–Crippen MR) is 85.1 cm³/mol. The first-order valence-electron chi connectivity index (χ1n) is 7.22. The molecule has 5 heteroatoms. The van der Waals surface area contributed by atoms with Gasteiger partial charge < -0.3 is 14.7 Å². The van der Waals surface area contributed by atoms with E-state index < -0.39 is 0 Å². The Balaban J connectivity index is 1.61. The van der Waals surface area contributed by atoms with Gasteiger partial charge in [0.2, 0.25) is 0 Å². The molecule has 0 unspecified atom stereocenters. The number of carbonyl (C=O) groups excluding carboxylic acids is 1.